The Morgan fingerprint density at radius 1 is 1.04 bits per heavy atom. The largest absolute Gasteiger partial charge is 0.444 e. The zero-order valence-corrected chi connectivity index (χ0v) is 28.1. The number of alkyl carbamates (subject to hydrolysis) is 1. The van der Waals surface area contributed by atoms with Gasteiger partial charge in [0.1, 0.15) is 23.8 Å². The lowest BCUT2D eigenvalue weighted by molar-refractivity contribution is 0.0497. The van der Waals surface area contributed by atoms with Gasteiger partial charge in [0, 0.05) is 38.5 Å². The topological polar surface area (TPSA) is 119 Å². The molecule has 1 fully saturated rings. The van der Waals surface area contributed by atoms with E-state index in [1.165, 1.54) is 5.56 Å². The molecule has 0 bridgehead atoms. The Labute approximate surface area is 270 Å². The third-order valence-electron chi connectivity index (χ3n) is 6.85. The van der Waals surface area contributed by atoms with Gasteiger partial charge in [-0.1, -0.05) is 43.3 Å². The van der Waals surface area contributed by atoms with Gasteiger partial charge in [-0.2, -0.15) is 21.8 Å². The van der Waals surface area contributed by atoms with E-state index < -0.39 is 5.60 Å². The Morgan fingerprint density at radius 2 is 1.78 bits per heavy atom. The van der Waals surface area contributed by atoms with Crippen molar-refractivity contribution in [1.82, 2.24) is 30.0 Å². The van der Waals surface area contributed by atoms with Gasteiger partial charge in [0.05, 0.1) is 11.1 Å². The first-order valence-corrected chi connectivity index (χ1v) is 17.0. The van der Waals surface area contributed by atoms with Gasteiger partial charge in [-0.25, -0.2) is 19.4 Å². The van der Waals surface area contributed by atoms with Crippen molar-refractivity contribution in [1.29, 1.82) is 0 Å². The first-order chi connectivity index (χ1) is 21.7. The number of carbonyl (C=O) groups is 1. The maximum atomic E-state index is 12.2. The molecule has 1 aliphatic heterocycles. The number of thioether (sulfide) groups is 1. The number of anilines is 2. The molecule has 5 rings (SSSR count). The number of fused-ring (bicyclic) bond motifs is 1. The van der Waals surface area contributed by atoms with Gasteiger partial charge in [0.2, 0.25) is 5.95 Å². The predicted molar refractivity (Wildman–Crippen MR) is 183 cm³/mol. The summed E-state index contributed by atoms with van der Waals surface area (Å²) in [6, 6.07) is 16.1. The van der Waals surface area contributed by atoms with Crippen LogP contribution in [0.15, 0.2) is 54.7 Å². The zero-order valence-electron chi connectivity index (χ0n) is 27.2. The highest BCUT2D eigenvalue weighted by atomic mass is 32.2. The van der Waals surface area contributed by atoms with E-state index in [-0.39, 0.29) is 18.9 Å². The van der Waals surface area contributed by atoms with Gasteiger partial charge in [-0.05, 0) is 70.2 Å². The quantitative estimate of drug-likeness (QED) is 0.191. The minimum absolute atomic E-state index is 0.0493. The van der Waals surface area contributed by atoms with E-state index in [1.807, 2.05) is 75.9 Å². The van der Waals surface area contributed by atoms with Crippen LogP contribution < -0.4 is 15.5 Å². The Balaban J connectivity index is 0.00000148. The standard InChI is InChI=1S/C31H40N8O3.C2H6S/c1-5-18-41-21-39-28-24(27(37-39)25-12-9-13-26(35-25)32-19-22-10-7-6-8-11-22)20-33-29(36-28)38-16-14-23(15-17-38)34-30(40)42-31(2,3)4;1-3-2/h6-13,20,23H,5,14-19,21H2,1-4H3,(H,32,35)(H,34,40);1-2H3. The van der Waals surface area contributed by atoms with Gasteiger partial charge in [0.25, 0.3) is 0 Å². The number of amides is 1. The van der Waals surface area contributed by atoms with Gasteiger partial charge < -0.3 is 25.0 Å². The second-order valence-corrected chi connectivity index (χ2v) is 12.7. The van der Waals surface area contributed by atoms with Crippen molar-refractivity contribution in [2.45, 2.75) is 71.9 Å². The fourth-order valence-electron chi connectivity index (χ4n) is 4.83. The molecule has 1 amide bonds. The lowest BCUT2D eigenvalue weighted by Gasteiger charge is -2.32. The molecule has 1 aromatic carbocycles. The number of pyridine rings is 1. The lowest BCUT2D eigenvalue weighted by atomic mass is 10.1. The van der Waals surface area contributed by atoms with Gasteiger partial charge in [-0.3, -0.25) is 0 Å². The number of hydrogen-bond donors (Lipinski definition) is 2. The van der Waals surface area contributed by atoms with Crippen LogP contribution in [0.2, 0.25) is 0 Å². The highest BCUT2D eigenvalue weighted by Gasteiger charge is 2.26. The first-order valence-electron chi connectivity index (χ1n) is 15.4. The van der Waals surface area contributed by atoms with Gasteiger partial charge in [0.15, 0.2) is 5.65 Å². The third-order valence-corrected chi connectivity index (χ3v) is 6.85. The number of hydrogen-bond acceptors (Lipinski definition) is 10. The molecule has 0 atom stereocenters. The molecule has 45 heavy (non-hydrogen) atoms. The molecule has 12 heteroatoms. The van der Waals surface area contributed by atoms with Crippen LogP contribution in [-0.4, -0.2) is 74.7 Å². The van der Waals surface area contributed by atoms with E-state index in [9.17, 15) is 4.79 Å². The van der Waals surface area contributed by atoms with Crippen molar-refractivity contribution < 1.29 is 14.3 Å². The van der Waals surface area contributed by atoms with Gasteiger partial charge in [-0.15, -0.1) is 0 Å². The molecule has 242 valence electrons. The van der Waals surface area contributed by atoms with E-state index in [2.05, 4.69) is 34.6 Å². The van der Waals surface area contributed by atoms with E-state index in [1.54, 1.807) is 16.4 Å². The normalized spacial score (nSPS) is 13.7. The SMILES string of the molecule is CCCOCn1nc(-c2cccc(NCc3ccccc3)n2)c2cnc(N3CCC(NC(=O)OC(C)(C)C)CC3)nc21.CSC. The number of ether oxygens (including phenoxy) is 2. The predicted octanol–water partition coefficient (Wildman–Crippen LogP) is 6.36. The van der Waals surface area contributed by atoms with Crippen molar-refractivity contribution in [3.63, 3.8) is 0 Å². The molecule has 2 N–H and O–H groups in total. The minimum Gasteiger partial charge on any atom is -0.444 e. The van der Waals surface area contributed by atoms with Crippen molar-refractivity contribution in [3.8, 4) is 11.4 Å². The second-order valence-electron chi connectivity index (χ2n) is 11.9. The Kier molecular flexibility index (Phi) is 12.4. The summed E-state index contributed by atoms with van der Waals surface area (Å²) in [5, 5.41) is 12.1. The van der Waals surface area contributed by atoms with Crippen LogP contribution in [0.4, 0.5) is 16.6 Å². The smallest absolute Gasteiger partial charge is 0.407 e. The van der Waals surface area contributed by atoms with Crippen LogP contribution in [-0.2, 0) is 22.7 Å². The fraction of sp³-hybridized carbons (Fsp3) is 0.485. The molecular formula is C33H46N8O3S. The Bertz CT molecular complexity index is 1500. The summed E-state index contributed by atoms with van der Waals surface area (Å²) in [5.41, 5.74) is 2.80. The van der Waals surface area contributed by atoms with Crippen molar-refractivity contribution in [2.24, 2.45) is 0 Å². The highest BCUT2D eigenvalue weighted by molar-refractivity contribution is 7.97. The second kappa shape index (κ2) is 16.4. The molecule has 0 aliphatic carbocycles. The molecule has 3 aromatic heterocycles. The number of rotatable bonds is 10. The van der Waals surface area contributed by atoms with Crippen molar-refractivity contribution in [3.05, 3.63) is 60.3 Å². The number of nitrogens with zero attached hydrogens (tertiary/aromatic N) is 6. The molecule has 1 saturated heterocycles. The summed E-state index contributed by atoms with van der Waals surface area (Å²) in [4.78, 5) is 28.9. The minimum atomic E-state index is -0.522. The number of piperidine rings is 1. The molecule has 0 radical (unpaired) electrons. The van der Waals surface area contributed by atoms with E-state index in [0.29, 0.717) is 30.4 Å². The van der Waals surface area contributed by atoms with Crippen molar-refractivity contribution in [2.75, 3.05) is 42.4 Å². The highest BCUT2D eigenvalue weighted by Crippen LogP contribution is 2.28. The van der Waals surface area contributed by atoms with E-state index in [0.717, 1.165) is 49.2 Å². The lowest BCUT2D eigenvalue weighted by Crippen LogP contribution is -2.46. The number of nitrogens with one attached hydrogen (secondary N) is 2. The van der Waals surface area contributed by atoms with Crippen LogP contribution >= 0.6 is 11.8 Å². The molecule has 4 aromatic rings. The Hall–Kier alpha value is -3.90. The van der Waals surface area contributed by atoms with Crippen LogP contribution in [0, 0.1) is 0 Å². The van der Waals surface area contributed by atoms with Crippen LogP contribution in [0.25, 0.3) is 22.4 Å². The Morgan fingerprint density at radius 3 is 2.47 bits per heavy atom. The summed E-state index contributed by atoms with van der Waals surface area (Å²) in [6.07, 6.45) is 7.99. The van der Waals surface area contributed by atoms with Gasteiger partial charge >= 0.3 is 6.09 Å². The molecular weight excluding hydrogens is 588 g/mol. The zero-order chi connectivity index (χ0) is 32.2. The van der Waals surface area contributed by atoms with E-state index in [4.69, 9.17) is 29.5 Å². The average Bonchev–Trinajstić information content (AvgIpc) is 3.38. The summed E-state index contributed by atoms with van der Waals surface area (Å²) in [6.45, 7) is 10.7. The average molecular weight is 635 g/mol. The summed E-state index contributed by atoms with van der Waals surface area (Å²) < 4.78 is 13.1. The molecule has 4 heterocycles. The summed E-state index contributed by atoms with van der Waals surface area (Å²) in [7, 11) is 0. The monoisotopic (exact) mass is 634 g/mol. The van der Waals surface area contributed by atoms with E-state index >= 15 is 0 Å². The molecule has 0 spiro atoms. The first kappa shape index (κ1) is 34.0. The fourth-order valence-corrected chi connectivity index (χ4v) is 4.83. The maximum absolute atomic E-state index is 12.2. The summed E-state index contributed by atoms with van der Waals surface area (Å²) in [5.74, 6) is 1.40. The number of benzene rings is 1. The number of aromatic nitrogens is 5. The van der Waals surface area contributed by atoms with Crippen LogP contribution in [0.5, 0.6) is 0 Å². The molecule has 0 unspecified atom stereocenters. The summed E-state index contributed by atoms with van der Waals surface area (Å²) >= 11 is 1.75. The molecule has 1 aliphatic rings. The third kappa shape index (κ3) is 10.1. The maximum Gasteiger partial charge on any atom is 0.407 e. The molecule has 11 nitrogen and oxygen atoms in total. The van der Waals surface area contributed by atoms with Crippen LogP contribution in [0.1, 0.15) is 52.5 Å². The molecule has 0 saturated carbocycles. The van der Waals surface area contributed by atoms with Crippen molar-refractivity contribution >= 4 is 40.7 Å². The van der Waals surface area contributed by atoms with Crippen LogP contribution in [0.3, 0.4) is 0 Å². The number of carbonyl (C=O) groups excluding carboxylic acids is 1.